The number of thiol groups is 1. The van der Waals surface area contributed by atoms with E-state index in [1.807, 2.05) is 13.8 Å². The molecule has 8 N–H and O–H groups in total. The lowest BCUT2D eigenvalue weighted by Gasteiger charge is -2.25. The second-order valence-corrected chi connectivity index (χ2v) is 7.90. The maximum absolute atomic E-state index is 12.7. The zero-order valence-corrected chi connectivity index (χ0v) is 18.6. The van der Waals surface area contributed by atoms with Crippen LogP contribution in [0.4, 0.5) is 0 Å². The van der Waals surface area contributed by atoms with Gasteiger partial charge in [-0.05, 0) is 25.7 Å². The van der Waals surface area contributed by atoms with Crippen LogP contribution in [0.1, 0.15) is 40.0 Å². The third-order valence-electron chi connectivity index (χ3n) is 4.24. The Hall–Kier alpha value is -2.38. The number of hydrogen-bond acceptors (Lipinski definition) is 8. The van der Waals surface area contributed by atoms with Crippen molar-refractivity contribution in [1.29, 1.82) is 0 Å². The van der Waals surface area contributed by atoms with Crippen LogP contribution in [0.15, 0.2) is 0 Å². The van der Waals surface area contributed by atoms with Crippen LogP contribution in [0.2, 0.25) is 0 Å². The van der Waals surface area contributed by atoms with Crippen LogP contribution in [0.5, 0.6) is 0 Å². The molecule has 0 rings (SSSR count). The minimum Gasteiger partial charge on any atom is -0.481 e. The number of nitrogens with one attached hydrogen (secondary N) is 3. The van der Waals surface area contributed by atoms with Crippen molar-refractivity contribution in [2.45, 2.75) is 70.3 Å². The van der Waals surface area contributed by atoms with Crippen LogP contribution in [0, 0.1) is 5.92 Å². The second-order valence-electron chi connectivity index (χ2n) is 7.53. The Balaban J connectivity index is 5.24. The summed E-state index contributed by atoms with van der Waals surface area (Å²) in [7, 11) is 0. The summed E-state index contributed by atoms with van der Waals surface area (Å²) in [5.41, 5.74) is 5.58. The molecule has 3 amide bonds. The molecule has 5 atom stereocenters. The number of carboxylic acid groups (broad SMARTS) is 2. The molecule has 0 heterocycles. The molecule has 0 fully saturated rings. The molecule has 5 unspecified atom stereocenters. The predicted molar refractivity (Wildman–Crippen MR) is 113 cm³/mol. The van der Waals surface area contributed by atoms with Gasteiger partial charge >= 0.3 is 11.9 Å². The van der Waals surface area contributed by atoms with Crippen LogP contribution in [0.3, 0.4) is 0 Å². The number of aliphatic hydroxyl groups excluding tert-OH is 1. The SMILES string of the molecule is CC(C)CC(NC(=O)C(N)C(C)O)C(=O)NC(CS)C(=O)NC(CCC(=O)O)C(=O)O. The molecular weight excluding hydrogens is 432 g/mol. The van der Waals surface area contributed by atoms with E-state index in [9.17, 15) is 29.1 Å². The number of carbonyl (C=O) groups is 5. The summed E-state index contributed by atoms with van der Waals surface area (Å²) in [6, 6.07) is -5.01. The van der Waals surface area contributed by atoms with Gasteiger partial charge in [0.15, 0.2) is 0 Å². The highest BCUT2D eigenvalue weighted by Gasteiger charge is 2.30. The third-order valence-corrected chi connectivity index (χ3v) is 4.60. The minimum absolute atomic E-state index is 0.0190. The number of amides is 3. The van der Waals surface area contributed by atoms with Crippen LogP contribution in [-0.4, -0.2) is 81.0 Å². The Kier molecular flexibility index (Phi) is 12.8. The number of aliphatic carboxylic acids is 2. The minimum atomic E-state index is -1.46. The highest BCUT2D eigenvalue weighted by Crippen LogP contribution is 2.07. The van der Waals surface area contributed by atoms with E-state index in [4.69, 9.17) is 15.9 Å². The fourth-order valence-electron chi connectivity index (χ4n) is 2.45. The molecule has 0 bridgehead atoms. The normalized spacial score (nSPS) is 15.8. The highest BCUT2D eigenvalue weighted by molar-refractivity contribution is 7.80. The standard InChI is InChI=1S/C18H32N4O8S/c1-8(2)6-11(21-17(28)14(19)9(3)23)15(26)22-12(7-31)16(27)20-10(18(29)30)4-5-13(24)25/h8-12,14,23,31H,4-7,19H2,1-3H3,(H,20,27)(H,21,28)(H,22,26)(H,24,25)(H,29,30). The first-order valence-electron chi connectivity index (χ1n) is 9.70. The van der Waals surface area contributed by atoms with Gasteiger partial charge in [-0.1, -0.05) is 13.8 Å². The average molecular weight is 465 g/mol. The Labute approximate surface area is 185 Å². The third kappa shape index (κ3) is 11.0. The van der Waals surface area contributed by atoms with Gasteiger partial charge in [0.2, 0.25) is 17.7 Å². The number of hydrogen-bond donors (Lipinski definition) is 8. The predicted octanol–water partition coefficient (Wildman–Crippen LogP) is -1.93. The largest absolute Gasteiger partial charge is 0.481 e. The maximum atomic E-state index is 12.7. The second kappa shape index (κ2) is 13.8. The Morgan fingerprint density at radius 1 is 0.871 bits per heavy atom. The summed E-state index contributed by atoms with van der Waals surface area (Å²) in [5, 5.41) is 34.3. The molecule has 12 nitrogen and oxygen atoms in total. The first kappa shape index (κ1) is 28.6. The lowest BCUT2D eigenvalue weighted by atomic mass is 10.0. The Morgan fingerprint density at radius 3 is 1.77 bits per heavy atom. The van der Waals surface area contributed by atoms with Crippen LogP contribution in [0.25, 0.3) is 0 Å². The van der Waals surface area contributed by atoms with Gasteiger partial charge < -0.3 is 37.0 Å². The van der Waals surface area contributed by atoms with Crippen molar-refractivity contribution in [2.75, 3.05) is 5.75 Å². The highest BCUT2D eigenvalue weighted by atomic mass is 32.1. The van der Waals surface area contributed by atoms with Crippen molar-refractivity contribution in [3.05, 3.63) is 0 Å². The molecule has 0 aromatic heterocycles. The molecule has 0 spiro atoms. The Morgan fingerprint density at radius 2 is 1.35 bits per heavy atom. The molecule has 0 aromatic rings. The first-order chi connectivity index (χ1) is 14.3. The molecule has 0 aromatic carbocycles. The zero-order valence-electron chi connectivity index (χ0n) is 17.7. The number of rotatable bonds is 14. The molecule has 0 aliphatic rings. The van der Waals surface area contributed by atoms with Crippen LogP contribution >= 0.6 is 12.6 Å². The molecule has 0 radical (unpaired) electrons. The summed E-state index contributed by atoms with van der Waals surface area (Å²) < 4.78 is 0. The smallest absolute Gasteiger partial charge is 0.326 e. The van der Waals surface area contributed by atoms with Crippen LogP contribution < -0.4 is 21.7 Å². The van der Waals surface area contributed by atoms with E-state index in [1.54, 1.807) is 0 Å². The zero-order chi connectivity index (χ0) is 24.3. The Bertz CT molecular complexity index is 658. The lowest BCUT2D eigenvalue weighted by Crippen LogP contribution is -2.58. The molecule has 0 saturated carbocycles. The van der Waals surface area contributed by atoms with Gasteiger partial charge in [-0.25, -0.2) is 4.79 Å². The number of carboxylic acids is 2. The van der Waals surface area contributed by atoms with Gasteiger partial charge in [0, 0.05) is 12.2 Å². The van der Waals surface area contributed by atoms with Crippen molar-refractivity contribution in [2.24, 2.45) is 11.7 Å². The van der Waals surface area contributed by atoms with Gasteiger partial charge in [-0.15, -0.1) is 0 Å². The quantitative estimate of drug-likeness (QED) is 0.134. The van der Waals surface area contributed by atoms with Gasteiger partial charge in [0.25, 0.3) is 0 Å². The van der Waals surface area contributed by atoms with Crippen molar-refractivity contribution in [1.82, 2.24) is 16.0 Å². The van der Waals surface area contributed by atoms with E-state index in [1.165, 1.54) is 6.92 Å². The average Bonchev–Trinajstić information content (AvgIpc) is 2.66. The van der Waals surface area contributed by atoms with E-state index in [0.717, 1.165) is 0 Å². The first-order valence-corrected chi connectivity index (χ1v) is 10.3. The van der Waals surface area contributed by atoms with E-state index >= 15 is 0 Å². The summed E-state index contributed by atoms with van der Waals surface area (Å²) in [5.74, 6) is -5.17. The van der Waals surface area contributed by atoms with Crippen molar-refractivity contribution >= 4 is 42.3 Å². The summed E-state index contributed by atoms with van der Waals surface area (Å²) in [6.45, 7) is 4.94. The summed E-state index contributed by atoms with van der Waals surface area (Å²) >= 11 is 4.00. The van der Waals surface area contributed by atoms with Crippen molar-refractivity contribution in [3.8, 4) is 0 Å². The van der Waals surface area contributed by atoms with Crippen molar-refractivity contribution in [3.63, 3.8) is 0 Å². The molecule has 0 aliphatic carbocycles. The van der Waals surface area contributed by atoms with Gasteiger partial charge in [0.1, 0.15) is 24.2 Å². The lowest BCUT2D eigenvalue weighted by molar-refractivity contribution is -0.143. The molecule has 0 aliphatic heterocycles. The molecule has 0 saturated heterocycles. The topological polar surface area (TPSA) is 208 Å². The monoisotopic (exact) mass is 464 g/mol. The van der Waals surface area contributed by atoms with E-state index in [2.05, 4.69) is 28.6 Å². The van der Waals surface area contributed by atoms with E-state index < -0.39 is 66.4 Å². The van der Waals surface area contributed by atoms with E-state index in [-0.39, 0.29) is 24.5 Å². The molecule has 31 heavy (non-hydrogen) atoms. The summed E-state index contributed by atoms with van der Waals surface area (Å²) in [6.07, 6.45) is -1.74. The fraction of sp³-hybridized carbons (Fsp3) is 0.722. The van der Waals surface area contributed by atoms with Gasteiger partial charge in [0.05, 0.1) is 6.10 Å². The van der Waals surface area contributed by atoms with Gasteiger partial charge in [-0.2, -0.15) is 12.6 Å². The maximum Gasteiger partial charge on any atom is 0.326 e. The number of carbonyl (C=O) groups excluding carboxylic acids is 3. The number of nitrogens with two attached hydrogens (primary N) is 1. The van der Waals surface area contributed by atoms with E-state index in [0.29, 0.717) is 0 Å². The number of aliphatic hydroxyl groups is 1. The molecular formula is C18H32N4O8S. The van der Waals surface area contributed by atoms with Crippen LogP contribution in [-0.2, 0) is 24.0 Å². The summed E-state index contributed by atoms with van der Waals surface area (Å²) in [4.78, 5) is 59.1. The fourth-order valence-corrected chi connectivity index (χ4v) is 2.71. The molecule has 178 valence electrons. The van der Waals surface area contributed by atoms with Crippen molar-refractivity contribution < 1.29 is 39.3 Å². The van der Waals surface area contributed by atoms with Gasteiger partial charge in [-0.3, -0.25) is 19.2 Å². The molecule has 13 heteroatoms.